The average molecular weight is 444 g/mol. The number of hydrogen-bond donors (Lipinski definition) is 0. The molecule has 4 rings (SSSR count). The average Bonchev–Trinajstić information content (AvgIpc) is 3.11. The van der Waals surface area contributed by atoms with Gasteiger partial charge in [0.25, 0.3) is 0 Å². The molecule has 3 aromatic rings. The van der Waals surface area contributed by atoms with Crippen molar-refractivity contribution in [3.8, 4) is 22.3 Å². The Bertz CT molecular complexity index is 1110. The van der Waals surface area contributed by atoms with Crippen molar-refractivity contribution in [2.45, 2.75) is 58.0 Å². The van der Waals surface area contributed by atoms with Gasteiger partial charge in [0.05, 0.1) is 11.1 Å². The molecule has 32 heavy (non-hydrogen) atoms. The highest BCUT2D eigenvalue weighted by Crippen LogP contribution is 2.43. The molecule has 0 nitrogen and oxygen atoms in total. The Morgan fingerprint density at radius 1 is 0.812 bits per heavy atom. The number of alkyl halides is 3. The molecule has 1 aliphatic rings. The highest BCUT2D eigenvalue weighted by atomic mass is 19.4. The number of fused-ring (bicyclic) bond motifs is 3. The lowest BCUT2D eigenvalue weighted by Crippen LogP contribution is -2.04. The lowest BCUT2D eigenvalue weighted by Gasteiger charge is -2.12. The van der Waals surface area contributed by atoms with Gasteiger partial charge < -0.3 is 0 Å². The first-order valence-electron chi connectivity index (χ1n) is 11.1. The van der Waals surface area contributed by atoms with Crippen molar-refractivity contribution in [2.75, 3.05) is 0 Å². The number of benzene rings is 3. The van der Waals surface area contributed by atoms with Gasteiger partial charge in [0.15, 0.2) is 0 Å². The summed E-state index contributed by atoms with van der Waals surface area (Å²) in [4.78, 5) is 0. The summed E-state index contributed by atoms with van der Waals surface area (Å²) in [5.74, 6) is -1.47. The van der Waals surface area contributed by atoms with Crippen molar-refractivity contribution in [2.24, 2.45) is 0 Å². The SMILES string of the molecule is CCCCCCCc1ccc2c(c1)Cc1c-2cc(F)c(-c2ccc(C(F)(F)F)cc2)c1F. The van der Waals surface area contributed by atoms with E-state index in [9.17, 15) is 17.6 Å². The molecule has 0 heterocycles. The van der Waals surface area contributed by atoms with Gasteiger partial charge in [-0.3, -0.25) is 0 Å². The monoisotopic (exact) mass is 444 g/mol. The Kier molecular flexibility index (Phi) is 6.36. The van der Waals surface area contributed by atoms with Crippen LogP contribution in [0, 0.1) is 11.6 Å². The van der Waals surface area contributed by atoms with E-state index in [0.29, 0.717) is 17.5 Å². The predicted molar refractivity (Wildman–Crippen MR) is 118 cm³/mol. The summed E-state index contributed by atoms with van der Waals surface area (Å²) in [6.07, 6.45) is 2.77. The molecule has 5 heteroatoms. The molecule has 0 saturated heterocycles. The Labute approximate surface area is 185 Å². The standard InChI is InChI=1S/C27H25F5/c1-2-3-4-5-6-7-17-8-13-21-19(14-17)15-23-22(21)16-24(28)25(26(23)29)18-9-11-20(12-10-18)27(30,31)32/h8-14,16H,2-7,15H2,1H3. The van der Waals surface area contributed by atoms with Gasteiger partial charge in [-0.25, -0.2) is 8.78 Å². The molecule has 0 spiro atoms. The number of halogens is 5. The summed E-state index contributed by atoms with van der Waals surface area (Å²) in [6.45, 7) is 2.18. The van der Waals surface area contributed by atoms with Gasteiger partial charge in [-0.05, 0) is 58.9 Å². The highest BCUT2D eigenvalue weighted by molar-refractivity contribution is 5.81. The Balaban J connectivity index is 1.59. The molecule has 0 amide bonds. The van der Waals surface area contributed by atoms with Crippen LogP contribution in [0.4, 0.5) is 22.0 Å². The highest BCUT2D eigenvalue weighted by Gasteiger charge is 2.31. The largest absolute Gasteiger partial charge is 0.416 e. The zero-order valence-corrected chi connectivity index (χ0v) is 18.0. The van der Waals surface area contributed by atoms with E-state index < -0.39 is 23.4 Å². The third kappa shape index (κ3) is 4.43. The third-order valence-electron chi connectivity index (χ3n) is 6.22. The summed E-state index contributed by atoms with van der Waals surface area (Å²) in [6, 6.07) is 11.3. The van der Waals surface area contributed by atoms with E-state index in [1.54, 1.807) is 0 Å². The van der Waals surface area contributed by atoms with Crippen LogP contribution in [-0.2, 0) is 19.0 Å². The molecule has 3 aromatic carbocycles. The van der Waals surface area contributed by atoms with E-state index >= 15 is 4.39 Å². The second-order valence-corrected chi connectivity index (χ2v) is 8.48. The maximum absolute atomic E-state index is 15.4. The van der Waals surface area contributed by atoms with Crippen molar-refractivity contribution < 1.29 is 22.0 Å². The number of rotatable bonds is 7. The van der Waals surface area contributed by atoms with Crippen LogP contribution in [0.3, 0.4) is 0 Å². The molecule has 168 valence electrons. The smallest absolute Gasteiger partial charge is 0.206 e. The summed E-state index contributed by atoms with van der Waals surface area (Å²) in [5, 5.41) is 0. The second kappa shape index (κ2) is 9.05. The van der Waals surface area contributed by atoms with Gasteiger partial charge >= 0.3 is 6.18 Å². The first kappa shape index (κ1) is 22.5. The predicted octanol–water partition coefficient (Wildman–Crippen LogP) is 8.73. The minimum absolute atomic E-state index is 0.0968. The Morgan fingerprint density at radius 2 is 1.53 bits per heavy atom. The van der Waals surface area contributed by atoms with E-state index in [-0.39, 0.29) is 11.1 Å². The van der Waals surface area contributed by atoms with Crippen LogP contribution in [0.25, 0.3) is 22.3 Å². The van der Waals surface area contributed by atoms with Crippen LogP contribution in [-0.4, -0.2) is 0 Å². The number of unbranched alkanes of at least 4 members (excludes halogenated alkanes) is 4. The van der Waals surface area contributed by atoms with Gasteiger partial charge in [-0.15, -0.1) is 0 Å². The molecule has 0 N–H and O–H groups in total. The topological polar surface area (TPSA) is 0 Å². The normalized spacial score (nSPS) is 12.7. The summed E-state index contributed by atoms with van der Waals surface area (Å²) in [7, 11) is 0. The summed E-state index contributed by atoms with van der Waals surface area (Å²) in [5.41, 5.74) is 2.88. The fraction of sp³-hybridized carbons (Fsp3) is 0.333. The van der Waals surface area contributed by atoms with Crippen LogP contribution in [0.15, 0.2) is 48.5 Å². The molecule has 1 aliphatic carbocycles. The van der Waals surface area contributed by atoms with Crippen LogP contribution in [0.5, 0.6) is 0 Å². The number of hydrogen-bond acceptors (Lipinski definition) is 0. The Hall–Kier alpha value is -2.69. The molecule has 0 aromatic heterocycles. The van der Waals surface area contributed by atoms with Gasteiger partial charge in [0.1, 0.15) is 11.6 Å². The second-order valence-electron chi connectivity index (χ2n) is 8.48. The van der Waals surface area contributed by atoms with Crippen LogP contribution < -0.4 is 0 Å². The van der Waals surface area contributed by atoms with Gasteiger partial charge in [-0.2, -0.15) is 13.2 Å². The van der Waals surface area contributed by atoms with Crippen molar-refractivity contribution in [1.29, 1.82) is 0 Å². The lowest BCUT2D eigenvalue weighted by molar-refractivity contribution is -0.137. The molecule has 0 unspecified atom stereocenters. The summed E-state index contributed by atoms with van der Waals surface area (Å²) < 4.78 is 68.8. The zero-order chi connectivity index (χ0) is 22.9. The van der Waals surface area contributed by atoms with Crippen LogP contribution in [0.1, 0.15) is 61.3 Å². The molecular formula is C27H25F5. The van der Waals surface area contributed by atoms with Crippen LogP contribution >= 0.6 is 0 Å². The van der Waals surface area contributed by atoms with Gasteiger partial charge in [0.2, 0.25) is 0 Å². The molecule has 0 atom stereocenters. The lowest BCUT2D eigenvalue weighted by atomic mass is 9.96. The van der Waals surface area contributed by atoms with E-state index in [1.165, 1.54) is 37.3 Å². The molecule has 0 radical (unpaired) electrons. The Morgan fingerprint density at radius 3 is 2.22 bits per heavy atom. The maximum atomic E-state index is 15.4. The van der Waals surface area contributed by atoms with Crippen molar-refractivity contribution >= 4 is 0 Å². The van der Waals surface area contributed by atoms with E-state index in [4.69, 9.17) is 0 Å². The minimum Gasteiger partial charge on any atom is -0.206 e. The van der Waals surface area contributed by atoms with Crippen molar-refractivity contribution in [3.63, 3.8) is 0 Å². The van der Waals surface area contributed by atoms with E-state index in [1.807, 2.05) is 12.1 Å². The third-order valence-corrected chi connectivity index (χ3v) is 6.22. The maximum Gasteiger partial charge on any atom is 0.416 e. The van der Waals surface area contributed by atoms with Crippen LogP contribution in [0.2, 0.25) is 0 Å². The molecular weight excluding hydrogens is 419 g/mol. The van der Waals surface area contributed by atoms with E-state index in [0.717, 1.165) is 48.2 Å². The fourth-order valence-electron chi connectivity index (χ4n) is 4.50. The fourth-order valence-corrected chi connectivity index (χ4v) is 4.50. The molecule has 0 aliphatic heterocycles. The molecule has 0 fully saturated rings. The molecule has 0 saturated carbocycles. The first-order valence-corrected chi connectivity index (χ1v) is 11.1. The van der Waals surface area contributed by atoms with Gasteiger partial charge in [0, 0.05) is 12.0 Å². The van der Waals surface area contributed by atoms with E-state index in [2.05, 4.69) is 13.0 Å². The van der Waals surface area contributed by atoms with Crippen molar-refractivity contribution in [3.05, 3.63) is 82.4 Å². The van der Waals surface area contributed by atoms with Crippen molar-refractivity contribution in [1.82, 2.24) is 0 Å². The zero-order valence-electron chi connectivity index (χ0n) is 18.0. The first-order chi connectivity index (χ1) is 15.3. The molecule has 0 bridgehead atoms. The minimum atomic E-state index is -4.50. The number of aryl methyl sites for hydroxylation is 1. The summed E-state index contributed by atoms with van der Waals surface area (Å²) >= 11 is 0. The van der Waals surface area contributed by atoms with Gasteiger partial charge in [-0.1, -0.05) is 62.9 Å². The quantitative estimate of drug-likeness (QED) is 0.197.